The predicted molar refractivity (Wildman–Crippen MR) is 76.8 cm³/mol. The van der Waals surface area contributed by atoms with Gasteiger partial charge in [-0.2, -0.15) is 0 Å². The van der Waals surface area contributed by atoms with Crippen molar-refractivity contribution in [3.63, 3.8) is 0 Å². The molecule has 0 bridgehead atoms. The van der Waals surface area contributed by atoms with Gasteiger partial charge in [-0.15, -0.1) is 0 Å². The number of carbonyl (C=O) groups is 1. The first-order valence-corrected chi connectivity index (χ1v) is 6.81. The van der Waals surface area contributed by atoms with Crippen molar-refractivity contribution in [3.05, 3.63) is 58.6 Å². The fraction of sp³-hybridized carbons (Fsp3) is 0.133. The predicted octanol–water partition coefficient (Wildman–Crippen LogP) is 5.00. The molecule has 2 aromatic rings. The number of halogens is 1. The van der Waals surface area contributed by atoms with Gasteiger partial charge < -0.3 is 0 Å². The third-order valence-corrected chi connectivity index (χ3v) is 3.88. The first-order chi connectivity index (χ1) is 8.56. The zero-order chi connectivity index (χ0) is 13.1. The van der Waals surface area contributed by atoms with E-state index in [1.807, 2.05) is 49.4 Å². The Bertz CT molecular complexity index is 576. The summed E-state index contributed by atoms with van der Waals surface area (Å²) in [6.07, 6.45) is 0. The highest BCUT2D eigenvalue weighted by molar-refractivity contribution is 7.99. The molecule has 3 heteroatoms. The van der Waals surface area contributed by atoms with Crippen molar-refractivity contribution in [2.24, 2.45) is 0 Å². The van der Waals surface area contributed by atoms with Crippen molar-refractivity contribution in [1.82, 2.24) is 0 Å². The largest absolute Gasteiger partial charge is 0.294 e. The topological polar surface area (TPSA) is 17.1 Å². The number of rotatable bonds is 3. The second kappa shape index (κ2) is 5.59. The van der Waals surface area contributed by atoms with E-state index >= 15 is 0 Å². The lowest BCUT2D eigenvalue weighted by Gasteiger charge is -2.08. The van der Waals surface area contributed by atoms with Crippen LogP contribution in [-0.2, 0) is 0 Å². The van der Waals surface area contributed by atoms with Gasteiger partial charge in [0.05, 0.1) is 0 Å². The Balaban J connectivity index is 2.35. The van der Waals surface area contributed by atoms with Crippen molar-refractivity contribution >= 4 is 29.1 Å². The van der Waals surface area contributed by atoms with E-state index in [1.165, 1.54) is 0 Å². The number of aryl methyl sites for hydroxylation is 1. The summed E-state index contributed by atoms with van der Waals surface area (Å²) in [6.45, 7) is 3.62. The molecule has 18 heavy (non-hydrogen) atoms. The Morgan fingerprint density at radius 2 is 1.78 bits per heavy atom. The Morgan fingerprint density at radius 3 is 2.39 bits per heavy atom. The van der Waals surface area contributed by atoms with E-state index < -0.39 is 0 Å². The van der Waals surface area contributed by atoms with Gasteiger partial charge in [0.2, 0.25) is 0 Å². The molecule has 0 radical (unpaired) electrons. The second-order valence-electron chi connectivity index (χ2n) is 4.11. The van der Waals surface area contributed by atoms with Gasteiger partial charge in [-0.1, -0.05) is 35.5 Å². The van der Waals surface area contributed by atoms with Gasteiger partial charge in [0.1, 0.15) is 0 Å². The summed E-state index contributed by atoms with van der Waals surface area (Å²) >= 11 is 7.44. The van der Waals surface area contributed by atoms with Crippen molar-refractivity contribution < 1.29 is 4.79 Å². The minimum absolute atomic E-state index is 0.0893. The lowest BCUT2D eigenvalue weighted by Crippen LogP contribution is -1.95. The Morgan fingerprint density at radius 1 is 1.11 bits per heavy atom. The van der Waals surface area contributed by atoms with Gasteiger partial charge in [0, 0.05) is 20.4 Å². The molecule has 0 amide bonds. The van der Waals surface area contributed by atoms with Crippen LogP contribution >= 0.6 is 23.4 Å². The first kappa shape index (κ1) is 13.2. The Labute approximate surface area is 116 Å². The molecule has 92 valence electrons. The third kappa shape index (κ3) is 3.15. The van der Waals surface area contributed by atoms with Gasteiger partial charge in [-0.3, -0.25) is 4.79 Å². The molecule has 0 heterocycles. The molecule has 1 nitrogen and oxygen atoms in total. The summed E-state index contributed by atoms with van der Waals surface area (Å²) in [6, 6.07) is 13.5. The van der Waals surface area contributed by atoms with Gasteiger partial charge in [-0.25, -0.2) is 0 Å². The number of benzene rings is 2. The van der Waals surface area contributed by atoms with Gasteiger partial charge in [0.15, 0.2) is 5.78 Å². The van der Waals surface area contributed by atoms with Crippen LogP contribution in [0.4, 0.5) is 0 Å². The summed E-state index contributed by atoms with van der Waals surface area (Å²) in [5.74, 6) is 0.0893. The van der Waals surface area contributed by atoms with Crippen LogP contribution in [0.15, 0.2) is 52.3 Å². The molecule has 0 aliphatic rings. The van der Waals surface area contributed by atoms with Crippen LogP contribution in [0.25, 0.3) is 0 Å². The molecule has 0 fully saturated rings. The zero-order valence-electron chi connectivity index (χ0n) is 10.2. The van der Waals surface area contributed by atoms with Crippen molar-refractivity contribution in [2.75, 3.05) is 0 Å². The van der Waals surface area contributed by atoms with Gasteiger partial charge in [0.25, 0.3) is 0 Å². The van der Waals surface area contributed by atoms with E-state index in [1.54, 1.807) is 18.7 Å². The number of Topliss-reactive ketones (excluding diaryl/α,β-unsaturated/α-hetero) is 1. The average Bonchev–Trinajstić information content (AvgIpc) is 2.32. The fourth-order valence-corrected chi connectivity index (χ4v) is 2.85. The summed E-state index contributed by atoms with van der Waals surface area (Å²) < 4.78 is 0. The number of carbonyl (C=O) groups excluding carboxylic acids is 1. The minimum Gasteiger partial charge on any atom is -0.294 e. The number of hydrogen-bond acceptors (Lipinski definition) is 2. The van der Waals surface area contributed by atoms with Crippen LogP contribution in [-0.4, -0.2) is 5.78 Å². The first-order valence-electron chi connectivity index (χ1n) is 5.61. The average molecular weight is 277 g/mol. The Hall–Kier alpha value is -1.25. The van der Waals surface area contributed by atoms with E-state index in [4.69, 9.17) is 11.6 Å². The Kier molecular flexibility index (Phi) is 4.10. The molecule has 0 aliphatic carbocycles. The van der Waals surface area contributed by atoms with Crippen LogP contribution in [0, 0.1) is 6.92 Å². The highest BCUT2D eigenvalue weighted by Gasteiger charge is 2.08. The SMILES string of the molecule is CC(=O)c1ccc(C)cc1Sc1ccc(Cl)cc1. The fourth-order valence-electron chi connectivity index (χ4n) is 1.63. The number of hydrogen-bond donors (Lipinski definition) is 0. The van der Waals surface area contributed by atoms with Crippen LogP contribution < -0.4 is 0 Å². The lowest BCUT2D eigenvalue weighted by atomic mass is 10.1. The maximum atomic E-state index is 11.6. The quantitative estimate of drug-likeness (QED) is 0.734. The van der Waals surface area contributed by atoms with E-state index in [9.17, 15) is 4.79 Å². The summed E-state index contributed by atoms with van der Waals surface area (Å²) in [5.41, 5.74) is 1.91. The maximum Gasteiger partial charge on any atom is 0.160 e. The minimum atomic E-state index is 0.0893. The highest BCUT2D eigenvalue weighted by atomic mass is 35.5. The molecule has 0 N–H and O–H groups in total. The summed E-state index contributed by atoms with van der Waals surface area (Å²) in [7, 11) is 0. The van der Waals surface area contributed by atoms with E-state index in [0.717, 1.165) is 25.9 Å². The lowest BCUT2D eigenvalue weighted by molar-refractivity contribution is 0.101. The third-order valence-electron chi connectivity index (χ3n) is 2.56. The highest BCUT2D eigenvalue weighted by Crippen LogP contribution is 2.32. The van der Waals surface area contributed by atoms with Gasteiger partial charge in [-0.05, 0) is 49.7 Å². The van der Waals surface area contributed by atoms with Gasteiger partial charge >= 0.3 is 0 Å². The molecule has 0 saturated carbocycles. The van der Waals surface area contributed by atoms with Crippen molar-refractivity contribution in [2.45, 2.75) is 23.6 Å². The van der Waals surface area contributed by atoms with Crippen LogP contribution in [0.1, 0.15) is 22.8 Å². The molecule has 2 rings (SSSR count). The standard InChI is InChI=1S/C15H13ClOS/c1-10-3-8-14(11(2)17)15(9-10)18-13-6-4-12(16)5-7-13/h3-9H,1-2H3. The molecule has 0 aromatic heterocycles. The molecule has 0 atom stereocenters. The second-order valence-corrected chi connectivity index (χ2v) is 5.66. The molecular weight excluding hydrogens is 264 g/mol. The smallest absolute Gasteiger partial charge is 0.160 e. The molecule has 0 spiro atoms. The van der Waals surface area contributed by atoms with E-state index in [0.29, 0.717) is 0 Å². The molecule has 0 aliphatic heterocycles. The molecular formula is C15H13ClOS. The summed E-state index contributed by atoms with van der Waals surface area (Å²) in [4.78, 5) is 13.7. The van der Waals surface area contributed by atoms with E-state index in [-0.39, 0.29) is 5.78 Å². The number of ketones is 1. The molecule has 0 saturated heterocycles. The van der Waals surface area contributed by atoms with Crippen molar-refractivity contribution in [1.29, 1.82) is 0 Å². The summed E-state index contributed by atoms with van der Waals surface area (Å²) in [5, 5.41) is 0.718. The van der Waals surface area contributed by atoms with Crippen LogP contribution in [0.3, 0.4) is 0 Å². The zero-order valence-corrected chi connectivity index (χ0v) is 11.8. The van der Waals surface area contributed by atoms with Crippen LogP contribution in [0.5, 0.6) is 0 Å². The van der Waals surface area contributed by atoms with Crippen LogP contribution in [0.2, 0.25) is 5.02 Å². The monoisotopic (exact) mass is 276 g/mol. The normalized spacial score (nSPS) is 10.4. The van der Waals surface area contributed by atoms with E-state index in [2.05, 4.69) is 0 Å². The maximum absolute atomic E-state index is 11.6. The van der Waals surface area contributed by atoms with Crippen molar-refractivity contribution in [3.8, 4) is 0 Å². The molecule has 2 aromatic carbocycles. The molecule has 0 unspecified atom stereocenters.